The Bertz CT molecular complexity index is 392. The molecule has 2 rings (SSSR count). The molecule has 1 saturated heterocycles. The lowest BCUT2D eigenvalue weighted by Crippen LogP contribution is -2.16. The van der Waals surface area contributed by atoms with Gasteiger partial charge in [0.2, 0.25) is 0 Å². The highest BCUT2D eigenvalue weighted by Crippen LogP contribution is 2.30. The molecule has 0 spiro atoms. The van der Waals surface area contributed by atoms with Gasteiger partial charge in [-0.2, -0.15) is 0 Å². The third-order valence-corrected chi connectivity index (χ3v) is 2.73. The second-order valence-electron chi connectivity index (χ2n) is 3.97. The third kappa shape index (κ3) is 2.79. The number of hydrogen-bond acceptors (Lipinski definition) is 4. The Balaban J connectivity index is 2.03. The molecule has 1 unspecified atom stereocenters. The van der Waals surface area contributed by atoms with E-state index in [1.54, 1.807) is 0 Å². The van der Waals surface area contributed by atoms with Crippen LogP contribution >= 0.6 is 0 Å². The molecule has 0 bridgehead atoms. The van der Waals surface area contributed by atoms with E-state index in [0.29, 0.717) is 12.4 Å². The van der Waals surface area contributed by atoms with Crippen molar-refractivity contribution >= 4 is 5.69 Å². The van der Waals surface area contributed by atoms with Crippen LogP contribution < -0.4 is 15.2 Å². The summed E-state index contributed by atoms with van der Waals surface area (Å²) in [6.07, 6.45) is 2.04. The van der Waals surface area contributed by atoms with Gasteiger partial charge in [-0.1, -0.05) is 0 Å². The Morgan fingerprint density at radius 2 is 2.29 bits per heavy atom. The maximum absolute atomic E-state index is 13.5. The number of benzene rings is 1. The minimum atomic E-state index is -0.485. The highest BCUT2D eigenvalue weighted by Gasteiger charge is 2.17. The SMILES string of the molecule is COc1cc(OCC2CCCO2)c(F)cc1N. The Morgan fingerprint density at radius 1 is 1.47 bits per heavy atom. The van der Waals surface area contributed by atoms with Crippen LogP contribution in [0.25, 0.3) is 0 Å². The van der Waals surface area contributed by atoms with Gasteiger partial charge in [-0.25, -0.2) is 4.39 Å². The van der Waals surface area contributed by atoms with Gasteiger partial charge in [-0.3, -0.25) is 0 Å². The molecule has 1 aromatic rings. The molecule has 4 nitrogen and oxygen atoms in total. The molecular weight excluding hydrogens is 225 g/mol. The van der Waals surface area contributed by atoms with Crippen molar-refractivity contribution < 1.29 is 18.6 Å². The first kappa shape index (κ1) is 12.0. The number of anilines is 1. The smallest absolute Gasteiger partial charge is 0.167 e. The standard InChI is InChI=1S/C12H16FNO3/c1-15-12-6-11(9(13)5-10(12)14)17-7-8-3-2-4-16-8/h5-6,8H,2-4,7,14H2,1H3. The van der Waals surface area contributed by atoms with Crippen LogP contribution in [0.2, 0.25) is 0 Å². The van der Waals surface area contributed by atoms with Gasteiger partial charge in [0, 0.05) is 18.7 Å². The number of nitrogen functional groups attached to an aromatic ring is 1. The molecule has 0 aliphatic carbocycles. The Kier molecular flexibility index (Phi) is 3.68. The average molecular weight is 241 g/mol. The van der Waals surface area contributed by atoms with Gasteiger partial charge in [0.25, 0.3) is 0 Å². The molecule has 17 heavy (non-hydrogen) atoms. The molecule has 0 radical (unpaired) electrons. The van der Waals surface area contributed by atoms with Gasteiger partial charge >= 0.3 is 0 Å². The quantitative estimate of drug-likeness (QED) is 0.819. The van der Waals surface area contributed by atoms with Crippen LogP contribution in [0.5, 0.6) is 11.5 Å². The first-order chi connectivity index (χ1) is 8.20. The summed E-state index contributed by atoms with van der Waals surface area (Å²) in [7, 11) is 1.48. The van der Waals surface area contributed by atoms with Crippen LogP contribution in [0, 0.1) is 5.82 Å². The summed E-state index contributed by atoms with van der Waals surface area (Å²) in [5.74, 6) is 0.0709. The van der Waals surface area contributed by atoms with Gasteiger partial charge < -0.3 is 19.9 Å². The van der Waals surface area contributed by atoms with E-state index in [9.17, 15) is 4.39 Å². The number of rotatable bonds is 4. The zero-order chi connectivity index (χ0) is 12.3. The van der Waals surface area contributed by atoms with Gasteiger partial charge in [0.05, 0.1) is 18.9 Å². The topological polar surface area (TPSA) is 53.7 Å². The Labute approximate surface area is 99.5 Å². The summed E-state index contributed by atoms with van der Waals surface area (Å²) in [4.78, 5) is 0. The third-order valence-electron chi connectivity index (χ3n) is 2.73. The molecule has 0 saturated carbocycles. The molecule has 1 aromatic carbocycles. The molecule has 5 heteroatoms. The van der Waals surface area contributed by atoms with E-state index in [4.69, 9.17) is 19.9 Å². The molecule has 1 aliphatic rings. The lowest BCUT2D eigenvalue weighted by molar-refractivity contribution is 0.0665. The van der Waals surface area contributed by atoms with Crippen molar-refractivity contribution in [2.24, 2.45) is 0 Å². The predicted octanol–water partition coefficient (Wildman–Crippen LogP) is 1.97. The largest absolute Gasteiger partial charge is 0.494 e. The van der Waals surface area contributed by atoms with E-state index in [1.807, 2.05) is 0 Å². The second-order valence-corrected chi connectivity index (χ2v) is 3.97. The van der Waals surface area contributed by atoms with Gasteiger partial charge in [-0.15, -0.1) is 0 Å². The van der Waals surface area contributed by atoms with Crippen LogP contribution in [-0.4, -0.2) is 26.4 Å². The first-order valence-corrected chi connectivity index (χ1v) is 5.58. The van der Waals surface area contributed by atoms with E-state index in [1.165, 1.54) is 19.2 Å². The zero-order valence-electron chi connectivity index (χ0n) is 9.74. The number of ether oxygens (including phenoxy) is 3. The van der Waals surface area contributed by atoms with Gasteiger partial charge in [0.1, 0.15) is 12.4 Å². The van der Waals surface area contributed by atoms with Crippen molar-refractivity contribution in [2.75, 3.05) is 26.1 Å². The van der Waals surface area contributed by atoms with E-state index in [2.05, 4.69) is 0 Å². The minimum absolute atomic E-state index is 0.0537. The monoisotopic (exact) mass is 241 g/mol. The summed E-state index contributed by atoms with van der Waals surface area (Å²) < 4.78 is 29.3. The van der Waals surface area contributed by atoms with Crippen LogP contribution in [0.4, 0.5) is 10.1 Å². The van der Waals surface area contributed by atoms with Crippen molar-refractivity contribution in [1.29, 1.82) is 0 Å². The van der Waals surface area contributed by atoms with E-state index in [-0.39, 0.29) is 17.5 Å². The summed E-state index contributed by atoms with van der Waals surface area (Å²) in [5, 5.41) is 0. The molecule has 1 aliphatic heterocycles. The van der Waals surface area contributed by atoms with Crippen LogP contribution in [0.15, 0.2) is 12.1 Å². The second kappa shape index (κ2) is 5.23. The average Bonchev–Trinajstić information content (AvgIpc) is 2.81. The normalized spacial score (nSPS) is 19.3. The van der Waals surface area contributed by atoms with Crippen LogP contribution in [0.1, 0.15) is 12.8 Å². The van der Waals surface area contributed by atoms with Crippen molar-refractivity contribution in [3.05, 3.63) is 17.9 Å². The molecule has 0 amide bonds. The van der Waals surface area contributed by atoms with E-state index in [0.717, 1.165) is 19.4 Å². The number of methoxy groups -OCH3 is 1. The maximum atomic E-state index is 13.5. The molecule has 1 atom stereocenters. The molecule has 2 N–H and O–H groups in total. The van der Waals surface area contributed by atoms with Crippen molar-refractivity contribution in [1.82, 2.24) is 0 Å². The van der Waals surface area contributed by atoms with Gasteiger partial charge in [0.15, 0.2) is 11.6 Å². The number of hydrogen-bond donors (Lipinski definition) is 1. The van der Waals surface area contributed by atoms with Crippen molar-refractivity contribution in [3.63, 3.8) is 0 Å². The first-order valence-electron chi connectivity index (χ1n) is 5.58. The number of nitrogens with two attached hydrogens (primary N) is 1. The lowest BCUT2D eigenvalue weighted by atomic mass is 10.2. The Hall–Kier alpha value is -1.49. The maximum Gasteiger partial charge on any atom is 0.167 e. The fourth-order valence-corrected chi connectivity index (χ4v) is 1.80. The van der Waals surface area contributed by atoms with Crippen LogP contribution in [0.3, 0.4) is 0 Å². The predicted molar refractivity (Wildman–Crippen MR) is 61.8 cm³/mol. The van der Waals surface area contributed by atoms with Crippen molar-refractivity contribution in [2.45, 2.75) is 18.9 Å². The fourth-order valence-electron chi connectivity index (χ4n) is 1.80. The Morgan fingerprint density at radius 3 is 2.94 bits per heavy atom. The number of halogens is 1. The highest BCUT2D eigenvalue weighted by atomic mass is 19.1. The lowest BCUT2D eigenvalue weighted by Gasteiger charge is -2.13. The summed E-state index contributed by atoms with van der Waals surface area (Å²) in [6, 6.07) is 2.66. The summed E-state index contributed by atoms with van der Waals surface area (Å²) in [6.45, 7) is 1.10. The molecule has 1 fully saturated rings. The summed E-state index contributed by atoms with van der Waals surface area (Å²) >= 11 is 0. The van der Waals surface area contributed by atoms with Crippen LogP contribution in [-0.2, 0) is 4.74 Å². The van der Waals surface area contributed by atoms with E-state index < -0.39 is 5.82 Å². The van der Waals surface area contributed by atoms with E-state index >= 15 is 0 Å². The van der Waals surface area contributed by atoms with Gasteiger partial charge in [-0.05, 0) is 12.8 Å². The molecular formula is C12H16FNO3. The summed E-state index contributed by atoms with van der Waals surface area (Å²) in [5.41, 5.74) is 5.83. The highest BCUT2D eigenvalue weighted by molar-refractivity contribution is 5.56. The molecule has 94 valence electrons. The van der Waals surface area contributed by atoms with Crippen molar-refractivity contribution in [3.8, 4) is 11.5 Å². The zero-order valence-corrected chi connectivity index (χ0v) is 9.74. The molecule has 1 heterocycles. The fraction of sp³-hybridized carbons (Fsp3) is 0.500. The minimum Gasteiger partial charge on any atom is -0.494 e. The molecule has 0 aromatic heterocycles.